The van der Waals surface area contributed by atoms with Crippen molar-refractivity contribution in [2.45, 2.75) is 24.9 Å². The van der Waals surface area contributed by atoms with Gasteiger partial charge in [0.05, 0.1) is 6.07 Å². The molecule has 0 heterocycles. The lowest BCUT2D eigenvalue weighted by Gasteiger charge is -2.12. The fraction of sp³-hybridized carbons (Fsp3) is 0.417. The van der Waals surface area contributed by atoms with Gasteiger partial charge in [-0.2, -0.15) is 5.26 Å². The normalized spacial score (nSPS) is 16.5. The van der Waals surface area contributed by atoms with Gasteiger partial charge in [-0.05, 0) is 25.0 Å². The smallest absolute Gasteiger partial charge is 0.165 e. The number of nitrogens with one attached hydrogen (secondary N) is 1. The van der Waals surface area contributed by atoms with Gasteiger partial charge in [0.15, 0.2) is 11.6 Å². The van der Waals surface area contributed by atoms with Gasteiger partial charge in [0, 0.05) is 6.04 Å². The highest BCUT2D eigenvalue weighted by Crippen LogP contribution is 2.20. The summed E-state index contributed by atoms with van der Waals surface area (Å²) in [6.45, 7) is 0.175. The predicted molar refractivity (Wildman–Crippen MR) is 57.5 cm³/mol. The van der Waals surface area contributed by atoms with Crippen molar-refractivity contribution >= 4 is 0 Å². The van der Waals surface area contributed by atoms with Gasteiger partial charge in [-0.25, -0.2) is 4.39 Å². The Morgan fingerprint density at radius 2 is 2.25 bits per heavy atom. The zero-order valence-corrected chi connectivity index (χ0v) is 8.82. The Morgan fingerprint density at radius 3 is 2.88 bits per heavy atom. The highest BCUT2D eigenvalue weighted by Gasteiger charge is 2.24. The Labute approximate surface area is 93.8 Å². The Morgan fingerprint density at radius 1 is 1.50 bits per heavy atom. The molecular formula is C12H13FN2O. The van der Waals surface area contributed by atoms with Gasteiger partial charge in [0.25, 0.3) is 0 Å². The second-order valence-corrected chi connectivity index (χ2v) is 3.86. The van der Waals surface area contributed by atoms with Crippen LogP contribution in [0.5, 0.6) is 5.75 Å². The lowest BCUT2D eigenvalue weighted by atomic mass is 10.3. The minimum Gasteiger partial charge on any atom is -0.488 e. The van der Waals surface area contributed by atoms with E-state index in [1.54, 1.807) is 18.2 Å². The van der Waals surface area contributed by atoms with Crippen LogP contribution in [-0.2, 0) is 0 Å². The van der Waals surface area contributed by atoms with Crippen molar-refractivity contribution in [3.05, 3.63) is 30.1 Å². The van der Waals surface area contributed by atoms with E-state index in [0.29, 0.717) is 6.04 Å². The second kappa shape index (κ2) is 4.95. The molecule has 1 aliphatic rings. The zero-order valence-electron chi connectivity index (χ0n) is 8.82. The number of hydrogen-bond donors (Lipinski definition) is 1. The minimum atomic E-state index is -0.398. The van der Waals surface area contributed by atoms with E-state index < -0.39 is 5.82 Å². The Kier molecular flexibility index (Phi) is 3.37. The number of halogens is 1. The molecule has 16 heavy (non-hydrogen) atoms. The summed E-state index contributed by atoms with van der Waals surface area (Å²) in [6.07, 6.45) is 2.22. The number of nitrogens with zero attached hydrogens (tertiary/aromatic N) is 1. The van der Waals surface area contributed by atoms with Crippen molar-refractivity contribution in [3.63, 3.8) is 0 Å². The van der Waals surface area contributed by atoms with E-state index in [0.717, 1.165) is 12.8 Å². The van der Waals surface area contributed by atoms with E-state index in [1.165, 1.54) is 6.07 Å². The summed E-state index contributed by atoms with van der Waals surface area (Å²) in [5.74, 6) is -0.203. The van der Waals surface area contributed by atoms with Crippen LogP contribution >= 0.6 is 0 Å². The third-order valence-electron chi connectivity index (χ3n) is 2.41. The van der Waals surface area contributed by atoms with Crippen LogP contribution in [0.25, 0.3) is 0 Å². The van der Waals surface area contributed by atoms with Crippen molar-refractivity contribution in [3.8, 4) is 11.8 Å². The molecule has 4 heteroatoms. The molecule has 84 valence electrons. The molecular weight excluding hydrogens is 207 g/mol. The van der Waals surface area contributed by atoms with Crippen LogP contribution in [0.1, 0.15) is 12.8 Å². The van der Waals surface area contributed by atoms with Gasteiger partial charge in [-0.3, -0.25) is 5.32 Å². The maximum absolute atomic E-state index is 13.2. The highest BCUT2D eigenvalue weighted by atomic mass is 19.1. The minimum absolute atomic E-state index is 0.175. The first-order valence-electron chi connectivity index (χ1n) is 5.32. The van der Waals surface area contributed by atoms with E-state index in [-0.39, 0.29) is 18.4 Å². The first-order chi connectivity index (χ1) is 7.79. The number of benzene rings is 1. The molecule has 0 radical (unpaired) electrons. The molecule has 1 aromatic carbocycles. The number of rotatable bonds is 5. The highest BCUT2D eigenvalue weighted by molar-refractivity contribution is 5.23. The summed E-state index contributed by atoms with van der Waals surface area (Å²) >= 11 is 0. The number of para-hydroxylation sites is 1. The monoisotopic (exact) mass is 220 g/mol. The van der Waals surface area contributed by atoms with Crippen molar-refractivity contribution < 1.29 is 9.13 Å². The van der Waals surface area contributed by atoms with E-state index in [1.807, 2.05) is 0 Å². The van der Waals surface area contributed by atoms with E-state index in [2.05, 4.69) is 11.4 Å². The predicted octanol–water partition coefficient (Wildman–Crippen LogP) is 1.85. The molecule has 0 amide bonds. The van der Waals surface area contributed by atoms with Gasteiger partial charge in [0.2, 0.25) is 0 Å². The Balaban J connectivity index is 1.85. The lowest BCUT2D eigenvalue weighted by molar-refractivity contribution is 0.275. The van der Waals surface area contributed by atoms with Gasteiger partial charge in [0.1, 0.15) is 12.6 Å². The molecule has 1 N–H and O–H groups in total. The summed E-state index contributed by atoms with van der Waals surface area (Å²) in [7, 11) is 0. The third kappa shape index (κ3) is 2.94. The Hall–Kier alpha value is -1.60. The molecule has 1 aliphatic carbocycles. The maximum Gasteiger partial charge on any atom is 0.165 e. The zero-order chi connectivity index (χ0) is 11.4. The summed E-state index contributed by atoms with van der Waals surface area (Å²) < 4.78 is 18.4. The van der Waals surface area contributed by atoms with Crippen molar-refractivity contribution in [1.82, 2.24) is 5.32 Å². The molecule has 1 fully saturated rings. The third-order valence-corrected chi connectivity index (χ3v) is 2.41. The van der Waals surface area contributed by atoms with Crippen molar-refractivity contribution in [2.75, 3.05) is 6.61 Å². The fourth-order valence-corrected chi connectivity index (χ4v) is 1.39. The molecule has 1 saturated carbocycles. The van der Waals surface area contributed by atoms with Crippen LogP contribution < -0.4 is 10.1 Å². The molecule has 0 saturated heterocycles. The summed E-state index contributed by atoms with van der Waals surface area (Å²) in [5.41, 5.74) is 0. The van der Waals surface area contributed by atoms with Crippen LogP contribution in [0, 0.1) is 17.1 Å². The summed E-state index contributed by atoms with van der Waals surface area (Å²) in [6, 6.07) is 8.38. The molecule has 1 atom stereocenters. The van der Waals surface area contributed by atoms with Crippen LogP contribution in [-0.4, -0.2) is 18.7 Å². The van der Waals surface area contributed by atoms with Crippen molar-refractivity contribution in [1.29, 1.82) is 5.26 Å². The quantitative estimate of drug-likeness (QED) is 0.823. The topological polar surface area (TPSA) is 45.0 Å². The largest absolute Gasteiger partial charge is 0.488 e. The molecule has 0 spiro atoms. The molecule has 1 unspecified atom stereocenters. The van der Waals surface area contributed by atoms with Crippen LogP contribution in [0.15, 0.2) is 24.3 Å². The maximum atomic E-state index is 13.2. The first kappa shape index (κ1) is 10.9. The van der Waals surface area contributed by atoms with E-state index in [4.69, 9.17) is 10.00 Å². The number of ether oxygens (including phenoxy) is 1. The first-order valence-corrected chi connectivity index (χ1v) is 5.32. The summed E-state index contributed by atoms with van der Waals surface area (Å²) in [5, 5.41) is 12.0. The number of nitriles is 1. The molecule has 0 aromatic heterocycles. The van der Waals surface area contributed by atoms with Gasteiger partial charge in [-0.1, -0.05) is 12.1 Å². The second-order valence-electron chi connectivity index (χ2n) is 3.86. The van der Waals surface area contributed by atoms with Crippen LogP contribution in [0.4, 0.5) is 4.39 Å². The molecule has 1 aromatic rings. The molecule has 3 nitrogen and oxygen atoms in total. The van der Waals surface area contributed by atoms with E-state index in [9.17, 15) is 4.39 Å². The summed E-state index contributed by atoms with van der Waals surface area (Å²) in [4.78, 5) is 0. The van der Waals surface area contributed by atoms with E-state index >= 15 is 0 Å². The average molecular weight is 220 g/mol. The Bertz CT molecular complexity index is 398. The lowest BCUT2D eigenvalue weighted by Crippen LogP contribution is -2.34. The van der Waals surface area contributed by atoms with Gasteiger partial charge < -0.3 is 4.74 Å². The molecule has 0 bridgehead atoms. The molecule has 2 rings (SSSR count). The standard InChI is InChI=1S/C12H13FN2O/c13-11-3-1-2-4-12(11)16-8-10(7-14)15-9-5-6-9/h1-4,9-10,15H,5-6,8H2. The molecule has 0 aliphatic heterocycles. The van der Waals surface area contributed by atoms with Crippen LogP contribution in [0.2, 0.25) is 0 Å². The number of hydrogen-bond acceptors (Lipinski definition) is 3. The van der Waals surface area contributed by atoms with Crippen LogP contribution in [0.3, 0.4) is 0 Å². The average Bonchev–Trinajstić information content (AvgIpc) is 3.10. The fourth-order valence-electron chi connectivity index (χ4n) is 1.39. The van der Waals surface area contributed by atoms with Gasteiger partial charge in [-0.15, -0.1) is 0 Å². The van der Waals surface area contributed by atoms with Gasteiger partial charge >= 0.3 is 0 Å². The SMILES string of the molecule is N#CC(COc1ccccc1F)NC1CC1. The van der Waals surface area contributed by atoms with Crippen molar-refractivity contribution in [2.24, 2.45) is 0 Å².